The van der Waals surface area contributed by atoms with E-state index in [4.69, 9.17) is 4.74 Å². The number of benzene rings is 2. The van der Waals surface area contributed by atoms with Gasteiger partial charge in [0.15, 0.2) is 0 Å². The average molecular weight is 255 g/mol. The van der Waals surface area contributed by atoms with Crippen molar-refractivity contribution < 1.29 is 4.74 Å². The van der Waals surface area contributed by atoms with Crippen LogP contribution in [0, 0.1) is 5.92 Å². The normalized spacial score (nSPS) is 10.5. The highest BCUT2D eigenvalue weighted by molar-refractivity contribution is 5.48. The Morgan fingerprint density at radius 2 is 1.79 bits per heavy atom. The highest BCUT2D eigenvalue weighted by Crippen LogP contribution is 2.18. The Balaban J connectivity index is 1.91. The molecule has 2 aromatic carbocycles. The van der Waals surface area contributed by atoms with E-state index in [1.807, 2.05) is 36.4 Å². The molecule has 2 heteroatoms. The molecule has 0 amide bonds. The summed E-state index contributed by atoms with van der Waals surface area (Å²) in [5.41, 5.74) is 2.29. The molecule has 0 bridgehead atoms. The van der Waals surface area contributed by atoms with Crippen LogP contribution in [0.5, 0.6) is 5.75 Å². The van der Waals surface area contributed by atoms with Crippen LogP contribution in [0.1, 0.15) is 19.4 Å². The van der Waals surface area contributed by atoms with Crippen molar-refractivity contribution in [2.24, 2.45) is 5.92 Å². The van der Waals surface area contributed by atoms with Gasteiger partial charge in [-0.3, -0.25) is 0 Å². The lowest BCUT2D eigenvalue weighted by atomic mass is 10.2. The molecular weight excluding hydrogens is 234 g/mol. The summed E-state index contributed by atoms with van der Waals surface area (Å²) in [4.78, 5) is 0. The molecule has 0 atom stereocenters. The van der Waals surface area contributed by atoms with Gasteiger partial charge in [-0.25, -0.2) is 0 Å². The number of rotatable bonds is 6. The molecule has 1 N–H and O–H groups in total. The summed E-state index contributed by atoms with van der Waals surface area (Å²) >= 11 is 0. The second-order valence-corrected chi connectivity index (χ2v) is 5.08. The van der Waals surface area contributed by atoms with Crippen molar-refractivity contribution in [2.45, 2.75) is 20.5 Å². The Kier molecular flexibility index (Phi) is 4.85. The predicted molar refractivity (Wildman–Crippen MR) is 80.5 cm³/mol. The molecule has 0 unspecified atom stereocenters. The molecule has 0 radical (unpaired) electrons. The van der Waals surface area contributed by atoms with Crippen LogP contribution < -0.4 is 10.1 Å². The molecule has 0 spiro atoms. The van der Waals surface area contributed by atoms with Gasteiger partial charge in [0.25, 0.3) is 0 Å². The van der Waals surface area contributed by atoms with E-state index < -0.39 is 0 Å². The van der Waals surface area contributed by atoms with Crippen molar-refractivity contribution in [1.82, 2.24) is 0 Å². The predicted octanol–water partition coefficient (Wildman–Crippen LogP) is 4.33. The summed E-state index contributed by atoms with van der Waals surface area (Å²) in [5, 5.41) is 3.40. The molecule has 2 aromatic rings. The molecule has 0 saturated carbocycles. The van der Waals surface area contributed by atoms with Crippen molar-refractivity contribution in [3.8, 4) is 5.75 Å². The number of anilines is 1. The Morgan fingerprint density at radius 3 is 2.53 bits per heavy atom. The lowest BCUT2D eigenvalue weighted by Gasteiger charge is -2.11. The summed E-state index contributed by atoms with van der Waals surface area (Å²) in [6.07, 6.45) is 0. The summed E-state index contributed by atoms with van der Waals surface area (Å²) in [7, 11) is 0. The zero-order valence-corrected chi connectivity index (χ0v) is 11.6. The zero-order valence-electron chi connectivity index (χ0n) is 11.6. The number of hydrogen-bond donors (Lipinski definition) is 1. The second kappa shape index (κ2) is 6.83. The lowest BCUT2D eigenvalue weighted by Crippen LogP contribution is -2.07. The number of nitrogens with one attached hydrogen (secondary N) is 1. The Bertz CT molecular complexity index is 494. The molecule has 0 aliphatic carbocycles. The first-order valence-electron chi connectivity index (χ1n) is 6.74. The van der Waals surface area contributed by atoms with Crippen LogP contribution in [0.2, 0.25) is 0 Å². The van der Waals surface area contributed by atoms with Crippen LogP contribution in [-0.4, -0.2) is 6.54 Å². The third-order valence-electron chi connectivity index (χ3n) is 2.80. The van der Waals surface area contributed by atoms with Crippen LogP contribution in [0.3, 0.4) is 0 Å². The fourth-order valence-electron chi connectivity index (χ4n) is 1.76. The molecule has 0 aliphatic rings. The third kappa shape index (κ3) is 4.66. The van der Waals surface area contributed by atoms with Gasteiger partial charge in [-0.05, 0) is 23.6 Å². The zero-order chi connectivity index (χ0) is 13.5. The number of ether oxygens (including phenoxy) is 1. The van der Waals surface area contributed by atoms with E-state index in [0.717, 1.165) is 18.0 Å². The van der Waals surface area contributed by atoms with E-state index in [1.54, 1.807) is 0 Å². The van der Waals surface area contributed by atoms with Crippen molar-refractivity contribution >= 4 is 5.69 Å². The molecule has 0 fully saturated rings. The first kappa shape index (κ1) is 13.5. The van der Waals surface area contributed by atoms with Gasteiger partial charge in [0.05, 0.1) is 0 Å². The van der Waals surface area contributed by atoms with E-state index in [0.29, 0.717) is 12.5 Å². The molecule has 100 valence electrons. The maximum atomic E-state index is 5.80. The minimum atomic E-state index is 0.606. The molecule has 19 heavy (non-hydrogen) atoms. The SMILES string of the molecule is CC(C)CNc1cccc(OCc2ccccc2)c1. The van der Waals surface area contributed by atoms with Crippen molar-refractivity contribution in [3.63, 3.8) is 0 Å². The molecule has 0 aromatic heterocycles. The van der Waals surface area contributed by atoms with Gasteiger partial charge in [0.1, 0.15) is 12.4 Å². The average Bonchev–Trinajstić information content (AvgIpc) is 2.44. The van der Waals surface area contributed by atoms with Gasteiger partial charge in [0.2, 0.25) is 0 Å². The van der Waals surface area contributed by atoms with E-state index in [1.165, 1.54) is 5.56 Å². The monoisotopic (exact) mass is 255 g/mol. The van der Waals surface area contributed by atoms with Gasteiger partial charge < -0.3 is 10.1 Å². The largest absolute Gasteiger partial charge is 0.489 e. The molecule has 2 rings (SSSR count). The lowest BCUT2D eigenvalue weighted by molar-refractivity contribution is 0.306. The molecule has 0 heterocycles. The highest BCUT2D eigenvalue weighted by atomic mass is 16.5. The standard InChI is InChI=1S/C17H21NO/c1-14(2)12-18-16-9-6-10-17(11-16)19-13-15-7-4-3-5-8-15/h3-11,14,18H,12-13H2,1-2H3. The van der Waals surface area contributed by atoms with Gasteiger partial charge >= 0.3 is 0 Å². The van der Waals surface area contributed by atoms with E-state index in [2.05, 4.69) is 37.4 Å². The number of hydrogen-bond acceptors (Lipinski definition) is 2. The summed E-state index contributed by atoms with van der Waals surface area (Å²) in [6.45, 7) is 5.97. The maximum Gasteiger partial charge on any atom is 0.121 e. The minimum Gasteiger partial charge on any atom is -0.489 e. The van der Waals surface area contributed by atoms with Crippen molar-refractivity contribution in [2.75, 3.05) is 11.9 Å². The van der Waals surface area contributed by atoms with Crippen LogP contribution in [0.4, 0.5) is 5.69 Å². The first-order chi connectivity index (χ1) is 9.24. The molecule has 2 nitrogen and oxygen atoms in total. The second-order valence-electron chi connectivity index (χ2n) is 5.08. The van der Waals surface area contributed by atoms with Gasteiger partial charge in [-0.1, -0.05) is 50.2 Å². The first-order valence-corrected chi connectivity index (χ1v) is 6.74. The van der Waals surface area contributed by atoms with E-state index >= 15 is 0 Å². The minimum absolute atomic E-state index is 0.606. The van der Waals surface area contributed by atoms with Crippen LogP contribution in [-0.2, 0) is 6.61 Å². The van der Waals surface area contributed by atoms with Gasteiger partial charge in [-0.2, -0.15) is 0 Å². The van der Waals surface area contributed by atoms with Crippen molar-refractivity contribution in [1.29, 1.82) is 0 Å². The van der Waals surface area contributed by atoms with Crippen molar-refractivity contribution in [3.05, 3.63) is 60.2 Å². The molecular formula is C17H21NO. The van der Waals surface area contributed by atoms with Gasteiger partial charge in [-0.15, -0.1) is 0 Å². The van der Waals surface area contributed by atoms with E-state index in [-0.39, 0.29) is 0 Å². The van der Waals surface area contributed by atoms with Crippen LogP contribution in [0.25, 0.3) is 0 Å². The highest BCUT2D eigenvalue weighted by Gasteiger charge is 1.99. The topological polar surface area (TPSA) is 21.3 Å². The maximum absolute atomic E-state index is 5.80. The summed E-state index contributed by atoms with van der Waals surface area (Å²) in [6, 6.07) is 18.3. The van der Waals surface area contributed by atoms with Crippen LogP contribution >= 0.6 is 0 Å². The Hall–Kier alpha value is -1.96. The molecule has 0 aliphatic heterocycles. The third-order valence-corrected chi connectivity index (χ3v) is 2.80. The smallest absolute Gasteiger partial charge is 0.121 e. The fraction of sp³-hybridized carbons (Fsp3) is 0.294. The summed E-state index contributed by atoms with van der Waals surface area (Å²) < 4.78 is 5.80. The van der Waals surface area contributed by atoms with Gasteiger partial charge in [0, 0.05) is 18.3 Å². The Morgan fingerprint density at radius 1 is 1.00 bits per heavy atom. The molecule has 0 saturated heterocycles. The summed E-state index contributed by atoms with van der Waals surface area (Å²) in [5.74, 6) is 1.53. The van der Waals surface area contributed by atoms with E-state index in [9.17, 15) is 0 Å². The van der Waals surface area contributed by atoms with Crippen LogP contribution in [0.15, 0.2) is 54.6 Å². The fourth-order valence-corrected chi connectivity index (χ4v) is 1.76. The Labute approximate surface area is 115 Å². The quantitative estimate of drug-likeness (QED) is 0.829.